The van der Waals surface area contributed by atoms with Gasteiger partial charge in [0.25, 0.3) is 5.91 Å². The molecule has 3 fully saturated rings. The van der Waals surface area contributed by atoms with Gasteiger partial charge in [-0.2, -0.15) is 0 Å². The van der Waals surface area contributed by atoms with Crippen LogP contribution in [0.4, 0.5) is 21.7 Å². The van der Waals surface area contributed by atoms with Gasteiger partial charge in [0, 0.05) is 79.4 Å². The molecule has 0 radical (unpaired) electrons. The maximum Gasteiger partial charge on any atom is 0.255 e. The third-order valence-electron chi connectivity index (χ3n) is 9.97. The summed E-state index contributed by atoms with van der Waals surface area (Å²) < 4.78 is 15.8. The summed E-state index contributed by atoms with van der Waals surface area (Å²) in [6.45, 7) is 6.84. The van der Waals surface area contributed by atoms with Crippen LogP contribution in [0.3, 0.4) is 0 Å². The summed E-state index contributed by atoms with van der Waals surface area (Å²) in [7, 11) is 0. The Balaban J connectivity index is 0.970. The lowest BCUT2D eigenvalue weighted by Crippen LogP contribution is -2.52. The Labute approximate surface area is 293 Å². The predicted octanol–water partition coefficient (Wildman–Crippen LogP) is 3.40. The van der Waals surface area contributed by atoms with Crippen LogP contribution in [-0.2, 0) is 22.7 Å². The molecule has 0 aliphatic carbocycles. The van der Waals surface area contributed by atoms with Gasteiger partial charge in [-0.25, -0.2) is 14.4 Å². The summed E-state index contributed by atoms with van der Waals surface area (Å²) in [5, 5.41) is 3.48. The number of nitrogens with two attached hydrogens (primary N) is 2. The van der Waals surface area contributed by atoms with Crippen LogP contribution in [0.25, 0.3) is 0 Å². The highest BCUT2D eigenvalue weighted by atomic mass is 35.5. The molecule has 5 heterocycles. The molecule has 3 saturated heterocycles. The Morgan fingerprint density at radius 1 is 1.06 bits per heavy atom. The standard InChI is InChI=1S/C34H39ClFN9O3S/c1-34(38)9-11-44(12-10-34)26-17-39-32(30(37)40-26)49-25-4-2-3-23(28(25)35)43-15-13-42(14-16-43)18-20-5-6-21-22(29(20)36)19-45(33(21)48)24-7-8-27(46)41-31(24)47/h2-6,17,24H,7-16,18-19,38H2,1H3,(H2,37,40)(H,41,46,47). The second kappa shape index (κ2) is 13.4. The number of fused-ring (bicyclic) bond motifs is 1. The van der Waals surface area contributed by atoms with E-state index in [2.05, 4.69) is 36.9 Å². The number of rotatable bonds is 7. The highest BCUT2D eigenvalue weighted by Gasteiger charge is 2.40. The number of aromatic nitrogens is 2. The Kier molecular flexibility index (Phi) is 9.15. The van der Waals surface area contributed by atoms with Gasteiger partial charge in [0.15, 0.2) is 5.82 Å². The lowest BCUT2D eigenvalue weighted by molar-refractivity contribution is -0.136. The molecule has 12 nitrogen and oxygen atoms in total. The van der Waals surface area contributed by atoms with Crippen molar-refractivity contribution in [2.24, 2.45) is 5.73 Å². The summed E-state index contributed by atoms with van der Waals surface area (Å²) in [6.07, 6.45) is 3.89. The van der Waals surface area contributed by atoms with Crippen molar-refractivity contribution >= 4 is 58.4 Å². The molecule has 1 aromatic heterocycles. The lowest BCUT2D eigenvalue weighted by Gasteiger charge is -2.37. The molecule has 5 N–H and O–H groups in total. The Bertz CT molecular complexity index is 1810. The number of anilines is 3. The monoisotopic (exact) mass is 707 g/mol. The molecule has 0 bridgehead atoms. The fraction of sp³-hybridized carbons (Fsp3) is 0.441. The van der Waals surface area contributed by atoms with Gasteiger partial charge in [0.05, 0.1) is 23.5 Å². The Morgan fingerprint density at radius 3 is 2.53 bits per heavy atom. The van der Waals surface area contributed by atoms with Gasteiger partial charge in [-0.3, -0.25) is 24.6 Å². The molecule has 0 spiro atoms. The summed E-state index contributed by atoms with van der Waals surface area (Å²) >= 11 is 8.34. The SMILES string of the molecule is CC1(N)CCN(c2cnc(Sc3cccc(N4CCN(Cc5ccc6c(c5F)CN(C5CCC(=O)NC5=O)C6=O)CC4)c3Cl)c(N)n2)CC1. The van der Waals surface area contributed by atoms with E-state index < -0.39 is 17.8 Å². The molecular weight excluding hydrogens is 669 g/mol. The van der Waals surface area contributed by atoms with Crippen molar-refractivity contribution < 1.29 is 18.8 Å². The number of nitrogens with one attached hydrogen (secondary N) is 1. The number of nitrogen functional groups attached to an aromatic ring is 1. The molecule has 4 aliphatic rings. The van der Waals surface area contributed by atoms with E-state index in [-0.39, 0.29) is 42.3 Å². The second-order valence-corrected chi connectivity index (χ2v) is 14.9. The van der Waals surface area contributed by atoms with Gasteiger partial charge < -0.3 is 26.2 Å². The van der Waals surface area contributed by atoms with Crippen LogP contribution >= 0.6 is 23.4 Å². The van der Waals surface area contributed by atoms with E-state index in [0.717, 1.165) is 42.3 Å². The number of hydrogen-bond acceptors (Lipinski definition) is 11. The molecule has 3 amide bonds. The lowest BCUT2D eigenvalue weighted by atomic mass is 9.91. The average Bonchev–Trinajstić information content (AvgIpc) is 3.41. The molecule has 258 valence electrons. The number of benzene rings is 2. The largest absolute Gasteiger partial charge is 0.381 e. The van der Waals surface area contributed by atoms with Gasteiger partial charge in [-0.15, -0.1) is 0 Å². The summed E-state index contributed by atoms with van der Waals surface area (Å²) in [5.41, 5.74) is 14.5. The van der Waals surface area contributed by atoms with Gasteiger partial charge >= 0.3 is 0 Å². The average molecular weight is 708 g/mol. The van der Waals surface area contributed by atoms with Crippen molar-refractivity contribution in [1.82, 2.24) is 25.1 Å². The molecule has 1 unspecified atom stereocenters. The van der Waals surface area contributed by atoms with E-state index in [0.29, 0.717) is 59.7 Å². The fourth-order valence-electron chi connectivity index (χ4n) is 6.95. The van der Waals surface area contributed by atoms with Crippen molar-refractivity contribution in [3.05, 3.63) is 64.1 Å². The summed E-state index contributed by atoms with van der Waals surface area (Å²) in [5.74, 6) is -0.572. The summed E-state index contributed by atoms with van der Waals surface area (Å²) in [4.78, 5) is 55.0. The van der Waals surface area contributed by atoms with Crippen molar-refractivity contribution in [2.75, 3.05) is 54.8 Å². The molecule has 15 heteroatoms. The highest BCUT2D eigenvalue weighted by molar-refractivity contribution is 7.99. The molecular formula is C34H39ClFN9O3S. The van der Waals surface area contributed by atoms with Gasteiger partial charge in [-0.1, -0.05) is 35.5 Å². The first-order valence-corrected chi connectivity index (χ1v) is 17.7. The maximum atomic E-state index is 15.8. The number of halogens is 2. The minimum atomic E-state index is -0.781. The van der Waals surface area contributed by atoms with E-state index in [1.807, 2.05) is 18.2 Å². The van der Waals surface area contributed by atoms with Gasteiger partial charge in [-0.05, 0) is 44.4 Å². The number of nitrogens with zero attached hydrogens (tertiary/aromatic N) is 6. The third-order valence-corrected chi connectivity index (χ3v) is 11.5. The molecule has 1 atom stereocenters. The summed E-state index contributed by atoms with van der Waals surface area (Å²) in [6, 6.07) is 8.43. The van der Waals surface area contributed by atoms with E-state index in [1.54, 1.807) is 18.3 Å². The number of carbonyl (C=O) groups is 3. The fourth-order valence-corrected chi connectivity index (χ4v) is 8.12. The minimum Gasteiger partial charge on any atom is -0.381 e. The number of carbonyl (C=O) groups excluding carboxylic acids is 3. The zero-order valence-electron chi connectivity index (χ0n) is 27.3. The van der Waals surface area contributed by atoms with E-state index in [4.69, 9.17) is 23.1 Å². The topological polar surface area (TPSA) is 154 Å². The number of hydrogen-bond donors (Lipinski definition) is 3. The molecule has 3 aromatic rings. The van der Waals surface area contributed by atoms with Crippen LogP contribution in [0.1, 0.15) is 54.1 Å². The van der Waals surface area contributed by atoms with Crippen LogP contribution in [-0.4, -0.2) is 88.3 Å². The Hall–Kier alpha value is -3.98. The molecule has 49 heavy (non-hydrogen) atoms. The normalized spacial score (nSPS) is 21.3. The number of amides is 3. The van der Waals surface area contributed by atoms with Crippen molar-refractivity contribution in [3.8, 4) is 0 Å². The second-order valence-electron chi connectivity index (χ2n) is 13.5. The van der Waals surface area contributed by atoms with Crippen LogP contribution in [0.15, 0.2) is 46.5 Å². The zero-order chi connectivity index (χ0) is 34.4. The van der Waals surface area contributed by atoms with E-state index in [1.165, 1.54) is 16.7 Å². The maximum absolute atomic E-state index is 15.8. The van der Waals surface area contributed by atoms with E-state index >= 15 is 4.39 Å². The zero-order valence-corrected chi connectivity index (χ0v) is 28.8. The van der Waals surface area contributed by atoms with Gasteiger partial charge in [0.2, 0.25) is 11.8 Å². The molecule has 7 rings (SSSR count). The smallest absolute Gasteiger partial charge is 0.255 e. The first kappa shape index (κ1) is 33.5. The van der Waals surface area contributed by atoms with E-state index in [9.17, 15) is 14.4 Å². The minimum absolute atomic E-state index is 0.00882. The first-order valence-electron chi connectivity index (χ1n) is 16.5. The third kappa shape index (κ3) is 6.79. The molecule has 0 saturated carbocycles. The predicted molar refractivity (Wildman–Crippen MR) is 186 cm³/mol. The van der Waals surface area contributed by atoms with Crippen molar-refractivity contribution in [1.29, 1.82) is 0 Å². The number of piperidine rings is 2. The van der Waals surface area contributed by atoms with Crippen molar-refractivity contribution in [3.63, 3.8) is 0 Å². The number of imide groups is 1. The van der Waals surface area contributed by atoms with Crippen LogP contribution in [0.2, 0.25) is 5.02 Å². The van der Waals surface area contributed by atoms with Crippen LogP contribution in [0.5, 0.6) is 0 Å². The van der Waals surface area contributed by atoms with Gasteiger partial charge in [0.1, 0.15) is 22.7 Å². The Morgan fingerprint density at radius 2 is 1.82 bits per heavy atom. The van der Waals surface area contributed by atoms with Crippen LogP contribution < -0.4 is 26.6 Å². The molecule has 2 aromatic carbocycles. The van der Waals surface area contributed by atoms with Crippen molar-refractivity contribution in [2.45, 2.75) is 67.2 Å². The molecule has 4 aliphatic heterocycles. The quantitative estimate of drug-likeness (QED) is 0.310. The highest BCUT2D eigenvalue weighted by Crippen LogP contribution is 2.40. The number of piperazine rings is 1. The van der Waals surface area contributed by atoms with Crippen LogP contribution in [0, 0.1) is 5.82 Å². The first-order chi connectivity index (χ1) is 23.5.